The third-order valence-electron chi connectivity index (χ3n) is 4.63. The van der Waals surface area contributed by atoms with Crippen LogP contribution in [0.4, 0.5) is 5.69 Å². The molecule has 0 spiro atoms. The van der Waals surface area contributed by atoms with E-state index in [2.05, 4.69) is 41.7 Å². The third-order valence-corrected chi connectivity index (χ3v) is 4.63. The summed E-state index contributed by atoms with van der Waals surface area (Å²) in [7, 11) is 1.68. The number of anilines is 1. The molecule has 1 heterocycles. The van der Waals surface area contributed by atoms with Gasteiger partial charge in [-0.15, -0.1) is 0 Å². The molecule has 0 unspecified atom stereocenters. The third kappa shape index (κ3) is 3.70. The summed E-state index contributed by atoms with van der Waals surface area (Å²) in [5.41, 5.74) is 3.50. The van der Waals surface area contributed by atoms with Crippen LogP contribution in [0.2, 0.25) is 0 Å². The second-order valence-corrected chi connectivity index (χ2v) is 6.20. The van der Waals surface area contributed by atoms with E-state index >= 15 is 0 Å². The van der Waals surface area contributed by atoms with Crippen molar-refractivity contribution >= 4 is 11.6 Å². The highest BCUT2D eigenvalue weighted by atomic mass is 16.5. The van der Waals surface area contributed by atoms with Crippen LogP contribution in [0, 0.1) is 0 Å². The molecule has 4 nitrogen and oxygen atoms in total. The molecule has 0 atom stereocenters. The topological polar surface area (TPSA) is 41.6 Å². The Morgan fingerprint density at radius 2 is 1.75 bits per heavy atom. The van der Waals surface area contributed by atoms with Crippen molar-refractivity contribution in [2.45, 2.75) is 25.8 Å². The highest BCUT2D eigenvalue weighted by Gasteiger charge is 2.21. The van der Waals surface area contributed by atoms with E-state index in [1.54, 1.807) is 14.0 Å². The fourth-order valence-corrected chi connectivity index (χ4v) is 3.19. The van der Waals surface area contributed by atoms with Crippen molar-refractivity contribution in [1.82, 2.24) is 4.90 Å². The summed E-state index contributed by atoms with van der Waals surface area (Å²) < 4.78 is 5.24. The summed E-state index contributed by atoms with van der Waals surface area (Å²) in [5, 5.41) is 3.67. The van der Waals surface area contributed by atoms with Gasteiger partial charge in [0.1, 0.15) is 5.75 Å². The van der Waals surface area contributed by atoms with Crippen LogP contribution < -0.4 is 10.1 Å². The standard InChI is InChI=1S/C20H24N2O2/c1-15(23)22-13-11-17(12-14-22)21-20-6-4-3-5-19(20)16-7-9-18(24-2)10-8-16/h3-10,17,21H,11-14H2,1-2H3. The lowest BCUT2D eigenvalue weighted by molar-refractivity contribution is -0.129. The van der Waals surface area contributed by atoms with Crippen molar-refractivity contribution in [3.05, 3.63) is 48.5 Å². The van der Waals surface area contributed by atoms with E-state index in [-0.39, 0.29) is 5.91 Å². The van der Waals surface area contributed by atoms with E-state index in [4.69, 9.17) is 4.74 Å². The maximum Gasteiger partial charge on any atom is 0.219 e. The van der Waals surface area contributed by atoms with Gasteiger partial charge < -0.3 is 15.0 Å². The van der Waals surface area contributed by atoms with E-state index in [9.17, 15) is 4.79 Å². The molecule has 1 aliphatic rings. The minimum absolute atomic E-state index is 0.173. The van der Waals surface area contributed by atoms with Gasteiger partial charge in [0.15, 0.2) is 0 Å². The number of ether oxygens (including phenoxy) is 1. The molecule has 3 rings (SSSR count). The van der Waals surface area contributed by atoms with Crippen molar-refractivity contribution in [3.8, 4) is 16.9 Å². The Bertz CT molecular complexity index is 689. The highest BCUT2D eigenvalue weighted by molar-refractivity contribution is 5.78. The van der Waals surface area contributed by atoms with E-state index in [0.717, 1.165) is 37.4 Å². The molecule has 0 aromatic heterocycles. The average Bonchev–Trinajstić information content (AvgIpc) is 2.63. The number of methoxy groups -OCH3 is 1. The SMILES string of the molecule is COc1ccc(-c2ccccc2NC2CCN(C(C)=O)CC2)cc1. The van der Waals surface area contributed by atoms with Gasteiger partial charge in [0, 0.05) is 37.3 Å². The van der Waals surface area contributed by atoms with Crippen LogP contribution in [-0.2, 0) is 4.79 Å². The van der Waals surface area contributed by atoms with Crippen molar-refractivity contribution in [1.29, 1.82) is 0 Å². The smallest absolute Gasteiger partial charge is 0.219 e. The number of carbonyl (C=O) groups is 1. The predicted octanol–water partition coefficient (Wildman–Crippen LogP) is 3.79. The van der Waals surface area contributed by atoms with Gasteiger partial charge in [0.25, 0.3) is 0 Å². The number of hydrogen-bond donors (Lipinski definition) is 1. The number of amides is 1. The Morgan fingerprint density at radius 1 is 1.08 bits per heavy atom. The summed E-state index contributed by atoms with van der Waals surface area (Å²) in [6.07, 6.45) is 1.97. The van der Waals surface area contributed by atoms with Crippen molar-refractivity contribution < 1.29 is 9.53 Å². The van der Waals surface area contributed by atoms with E-state index in [1.165, 1.54) is 11.1 Å². The molecule has 2 aromatic rings. The predicted molar refractivity (Wildman–Crippen MR) is 97.3 cm³/mol. The normalized spacial score (nSPS) is 15.2. The first kappa shape index (κ1) is 16.4. The zero-order valence-electron chi connectivity index (χ0n) is 14.3. The maximum absolute atomic E-state index is 11.5. The summed E-state index contributed by atoms with van der Waals surface area (Å²) in [5.74, 6) is 1.04. The van der Waals surface area contributed by atoms with Crippen LogP contribution in [0.5, 0.6) is 5.75 Å². The monoisotopic (exact) mass is 324 g/mol. The molecule has 1 N–H and O–H groups in total. The Hall–Kier alpha value is -2.49. The number of hydrogen-bond acceptors (Lipinski definition) is 3. The Morgan fingerprint density at radius 3 is 2.38 bits per heavy atom. The molecule has 0 bridgehead atoms. The number of benzene rings is 2. The first-order chi connectivity index (χ1) is 11.7. The number of para-hydroxylation sites is 1. The van der Waals surface area contributed by atoms with Crippen molar-refractivity contribution in [3.63, 3.8) is 0 Å². The lowest BCUT2D eigenvalue weighted by atomic mass is 10.0. The van der Waals surface area contributed by atoms with Gasteiger partial charge in [0.05, 0.1) is 7.11 Å². The minimum atomic E-state index is 0.173. The van der Waals surface area contributed by atoms with Gasteiger partial charge in [-0.1, -0.05) is 30.3 Å². The zero-order chi connectivity index (χ0) is 16.9. The van der Waals surface area contributed by atoms with Crippen molar-refractivity contribution in [2.24, 2.45) is 0 Å². The molecular weight excluding hydrogens is 300 g/mol. The van der Waals surface area contributed by atoms with Crippen molar-refractivity contribution in [2.75, 3.05) is 25.5 Å². The highest BCUT2D eigenvalue weighted by Crippen LogP contribution is 2.30. The molecule has 1 saturated heterocycles. The summed E-state index contributed by atoms with van der Waals surface area (Å²) in [6.45, 7) is 3.31. The van der Waals surface area contributed by atoms with Crippen LogP contribution in [0.3, 0.4) is 0 Å². The molecule has 1 fully saturated rings. The molecule has 126 valence electrons. The number of carbonyl (C=O) groups excluding carboxylic acids is 1. The van der Waals surface area contributed by atoms with Crippen LogP contribution in [-0.4, -0.2) is 37.0 Å². The first-order valence-corrected chi connectivity index (χ1v) is 8.43. The fraction of sp³-hybridized carbons (Fsp3) is 0.350. The molecule has 4 heteroatoms. The van der Waals surface area contributed by atoms with Crippen LogP contribution >= 0.6 is 0 Å². The lowest BCUT2D eigenvalue weighted by Gasteiger charge is -2.32. The Labute approximate surface area is 143 Å². The number of nitrogens with zero attached hydrogens (tertiary/aromatic N) is 1. The second kappa shape index (κ2) is 7.39. The average molecular weight is 324 g/mol. The second-order valence-electron chi connectivity index (χ2n) is 6.20. The Kier molecular flexibility index (Phi) is 5.04. The minimum Gasteiger partial charge on any atom is -0.497 e. The maximum atomic E-state index is 11.5. The fourth-order valence-electron chi connectivity index (χ4n) is 3.19. The summed E-state index contributed by atoms with van der Waals surface area (Å²) in [4.78, 5) is 13.4. The number of rotatable bonds is 4. The molecule has 2 aromatic carbocycles. The van der Waals surface area contributed by atoms with Gasteiger partial charge in [-0.3, -0.25) is 4.79 Å². The molecule has 0 radical (unpaired) electrons. The van der Waals surface area contributed by atoms with Crippen LogP contribution in [0.25, 0.3) is 11.1 Å². The van der Waals surface area contributed by atoms with E-state index in [0.29, 0.717) is 6.04 Å². The van der Waals surface area contributed by atoms with Gasteiger partial charge in [-0.05, 0) is 36.6 Å². The quantitative estimate of drug-likeness (QED) is 0.930. The number of likely N-dealkylation sites (tertiary alicyclic amines) is 1. The number of nitrogens with one attached hydrogen (secondary N) is 1. The molecular formula is C20H24N2O2. The van der Waals surface area contributed by atoms with Crippen LogP contribution in [0.15, 0.2) is 48.5 Å². The van der Waals surface area contributed by atoms with Gasteiger partial charge in [0.2, 0.25) is 5.91 Å². The zero-order valence-corrected chi connectivity index (χ0v) is 14.3. The van der Waals surface area contributed by atoms with Gasteiger partial charge in [-0.25, -0.2) is 0 Å². The lowest BCUT2D eigenvalue weighted by Crippen LogP contribution is -2.41. The van der Waals surface area contributed by atoms with E-state index < -0.39 is 0 Å². The summed E-state index contributed by atoms with van der Waals surface area (Å²) >= 11 is 0. The molecule has 0 aliphatic carbocycles. The van der Waals surface area contributed by atoms with Crippen LogP contribution in [0.1, 0.15) is 19.8 Å². The molecule has 24 heavy (non-hydrogen) atoms. The van der Waals surface area contributed by atoms with Gasteiger partial charge >= 0.3 is 0 Å². The summed E-state index contributed by atoms with van der Waals surface area (Å²) in [6, 6.07) is 16.9. The first-order valence-electron chi connectivity index (χ1n) is 8.43. The molecule has 1 amide bonds. The Balaban J connectivity index is 1.74. The largest absolute Gasteiger partial charge is 0.497 e. The molecule has 1 aliphatic heterocycles. The van der Waals surface area contributed by atoms with Gasteiger partial charge in [-0.2, -0.15) is 0 Å². The molecule has 0 saturated carbocycles. The number of piperidine rings is 1. The van der Waals surface area contributed by atoms with E-state index in [1.807, 2.05) is 17.0 Å².